The number of nitrogens with one attached hydrogen (secondary N) is 1. The lowest BCUT2D eigenvalue weighted by Crippen LogP contribution is -2.38. The van der Waals surface area contributed by atoms with Crippen molar-refractivity contribution in [1.29, 1.82) is 0 Å². The van der Waals surface area contributed by atoms with Crippen LogP contribution in [0.2, 0.25) is 0 Å². The third kappa shape index (κ3) is 3.39. The first-order valence-corrected chi connectivity index (χ1v) is 7.11. The third-order valence-electron chi connectivity index (χ3n) is 3.75. The van der Waals surface area contributed by atoms with Crippen molar-refractivity contribution in [3.63, 3.8) is 0 Å². The molecular formula is C15H24N2O2. The number of rotatable bonds is 4. The largest absolute Gasteiger partial charge is 0.508 e. The molecule has 1 aliphatic heterocycles. The maximum atomic E-state index is 10.2. The van der Waals surface area contributed by atoms with Crippen molar-refractivity contribution in [2.75, 3.05) is 24.5 Å². The van der Waals surface area contributed by atoms with Crippen LogP contribution in [0.25, 0.3) is 0 Å². The summed E-state index contributed by atoms with van der Waals surface area (Å²) in [5.74, 6) is 0.325. The number of piperidine rings is 1. The Labute approximate surface area is 115 Å². The van der Waals surface area contributed by atoms with Crippen LogP contribution in [0.3, 0.4) is 0 Å². The number of phenolic OH excluding ortho intramolecular Hbond substituents is 1. The Hall–Kier alpha value is -1.26. The fraction of sp³-hybridized carbons (Fsp3) is 0.600. The van der Waals surface area contributed by atoms with Gasteiger partial charge in [-0.15, -0.1) is 0 Å². The number of aromatic hydroxyl groups is 1. The van der Waals surface area contributed by atoms with E-state index in [1.807, 2.05) is 19.1 Å². The number of aliphatic hydroxyl groups excluding tert-OH is 1. The van der Waals surface area contributed by atoms with Crippen LogP contribution < -0.4 is 10.2 Å². The number of aliphatic hydroxyl groups is 1. The van der Waals surface area contributed by atoms with Gasteiger partial charge in [-0.2, -0.15) is 0 Å². The lowest BCUT2D eigenvalue weighted by Gasteiger charge is -2.32. The maximum absolute atomic E-state index is 10.2. The quantitative estimate of drug-likeness (QED) is 0.779. The zero-order valence-electron chi connectivity index (χ0n) is 11.8. The van der Waals surface area contributed by atoms with E-state index in [0.717, 1.165) is 37.2 Å². The first-order chi connectivity index (χ1) is 9.11. The molecule has 1 heterocycles. The fourth-order valence-corrected chi connectivity index (χ4v) is 2.70. The Morgan fingerprint density at radius 3 is 2.89 bits per heavy atom. The predicted molar refractivity (Wildman–Crippen MR) is 77.7 cm³/mol. The van der Waals surface area contributed by atoms with Crippen LogP contribution in [0, 0.1) is 0 Å². The van der Waals surface area contributed by atoms with Crippen molar-refractivity contribution in [2.24, 2.45) is 0 Å². The molecule has 19 heavy (non-hydrogen) atoms. The SMILES string of the molecule is CCNC(C)c1ccc(N2CCCC(O)C2)cc1O. The Balaban J connectivity index is 2.14. The normalized spacial score (nSPS) is 21.4. The standard InChI is InChI=1S/C15H24N2O2/c1-3-16-11(2)14-7-6-12(9-15(14)19)17-8-4-5-13(18)10-17/h6-7,9,11,13,16,18-19H,3-5,8,10H2,1-2H3. The van der Waals surface area contributed by atoms with Gasteiger partial charge in [-0.1, -0.05) is 13.0 Å². The molecule has 1 aromatic carbocycles. The second-order valence-electron chi connectivity index (χ2n) is 5.26. The highest BCUT2D eigenvalue weighted by Gasteiger charge is 2.19. The van der Waals surface area contributed by atoms with Gasteiger partial charge in [-0.05, 0) is 32.4 Å². The van der Waals surface area contributed by atoms with Crippen molar-refractivity contribution in [3.05, 3.63) is 23.8 Å². The highest BCUT2D eigenvalue weighted by atomic mass is 16.3. The molecule has 0 spiro atoms. The van der Waals surface area contributed by atoms with Crippen LogP contribution in [0.1, 0.15) is 38.3 Å². The Morgan fingerprint density at radius 1 is 1.47 bits per heavy atom. The molecule has 0 aliphatic carbocycles. The van der Waals surface area contributed by atoms with Gasteiger partial charge in [0, 0.05) is 36.4 Å². The van der Waals surface area contributed by atoms with E-state index in [-0.39, 0.29) is 12.1 Å². The molecule has 106 valence electrons. The summed E-state index contributed by atoms with van der Waals surface area (Å²) in [5.41, 5.74) is 1.91. The predicted octanol–water partition coefficient (Wildman–Crippen LogP) is 2.02. The number of β-amino-alcohol motifs (C(OH)–C–C–N with tert-alkyl or cyclic N) is 1. The molecule has 0 radical (unpaired) electrons. The van der Waals surface area contributed by atoms with Gasteiger partial charge in [-0.3, -0.25) is 0 Å². The molecule has 2 atom stereocenters. The average Bonchev–Trinajstić information content (AvgIpc) is 2.38. The van der Waals surface area contributed by atoms with Crippen LogP contribution in [-0.2, 0) is 0 Å². The summed E-state index contributed by atoms with van der Waals surface area (Å²) < 4.78 is 0. The smallest absolute Gasteiger partial charge is 0.122 e. The van der Waals surface area contributed by atoms with Crippen LogP contribution in [-0.4, -0.2) is 36.0 Å². The van der Waals surface area contributed by atoms with Gasteiger partial charge in [0.1, 0.15) is 5.75 Å². The molecule has 3 N–H and O–H groups in total. The van der Waals surface area contributed by atoms with Gasteiger partial charge in [0.25, 0.3) is 0 Å². The monoisotopic (exact) mass is 264 g/mol. The van der Waals surface area contributed by atoms with Gasteiger partial charge >= 0.3 is 0 Å². The van der Waals surface area contributed by atoms with Crippen LogP contribution in [0.5, 0.6) is 5.75 Å². The molecule has 1 aromatic rings. The third-order valence-corrected chi connectivity index (χ3v) is 3.75. The van der Waals surface area contributed by atoms with E-state index in [1.165, 1.54) is 0 Å². The Bertz CT molecular complexity index is 423. The lowest BCUT2D eigenvalue weighted by atomic mass is 10.0. The summed E-state index contributed by atoms with van der Waals surface area (Å²) in [7, 11) is 0. The van der Waals surface area contributed by atoms with Gasteiger partial charge in [0.05, 0.1) is 6.10 Å². The number of hydrogen-bond acceptors (Lipinski definition) is 4. The first kappa shape index (κ1) is 14.2. The molecule has 1 aliphatic rings. The highest BCUT2D eigenvalue weighted by molar-refractivity contribution is 5.54. The van der Waals surface area contributed by atoms with Crippen LogP contribution >= 0.6 is 0 Å². The molecule has 4 heteroatoms. The van der Waals surface area contributed by atoms with Gasteiger partial charge in [-0.25, -0.2) is 0 Å². The topological polar surface area (TPSA) is 55.7 Å². The molecule has 2 unspecified atom stereocenters. The summed E-state index contributed by atoms with van der Waals surface area (Å²) >= 11 is 0. The van der Waals surface area contributed by atoms with Gasteiger partial charge in [0.2, 0.25) is 0 Å². The summed E-state index contributed by atoms with van der Waals surface area (Å²) in [5, 5.41) is 23.2. The first-order valence-electron chi connectivity index (χ1n) is 7.11. The summed E-state index contributed by atoms with van der Waals surface area (Å²) in [6, 6.07) is 5.95. The molecule has 4 nitrogen and oxygen atoms in total. The number of benzene rings is 1. The van der Waals surface area contributed by atoms with Crippen molar-refractivity contribution in [2.45, 2.75) is 38.8 Å². The zero-order valence-corrected chi connectivity index (χ0v) is 11.8. The minimum atomic E-state index is -0.253. The van der Waals surface area contributed by atoms with E-state index in [1.54, 1.807) is 6.07 Å². The minimum Gasteiger partial charge on any atom is -0.508 e. The second kappa shape index (κ2) is 6.26. The van der Waals surface area contributed by atoms with E-state index < -0.39 is 0 Å². The van der Waals surface area contributed by atoms with E-state index in [0.29, 0.717) is 12.3 Å². The molecule has 0 aromatic heterocycles. The maximum Gasteiger partial charge on any atom is 0.122 e. The summed E-state index contributed by atoms with van der Waals surface area (Å²) in [4.78, 5) is 2.13. The van der Waals surface area contributed by atoms with E-state index >= 15 is 0 Å². The molecule has 0 amide bonds. The van der Waals surface area contributed by atoms with Crippen molar-refractivity contribution >= 4 is 5.69 Å². The minimum absolute atomic E-state index is 0.144. The molecule has 0 saturated carbocycles. The number of anilines is 1. The molecular weight excluding hydrogens is 240 g/mol. The number of phenols is 1. The number of hydrogen-bond donors (Lipinski definition) is 3. The molecule has 0 bridgehead atoms. The Morgan fingerprint density at radius 2 is 2.26 bits per heavy atom. The van der Waals surface area contributed by atoms with Crippen molar-refractivity contribution < 1.29 is 10.2 Å². The zero-order chi connectivity index (χ0) is 13.8. The van der Waals surface area contributed by atoms with E-state index in [2.05, 4.69) is 17.1 Å². The molecule has 2 rings (SSSR count). The fourth-order valence-electron chi connectivity index (χ4n) is 2.70. The van der Waals surface area contributed by atoms with Crippen molar-refractivity contribution in [3.8, 4) is 5.75 Å². The Kier molecular flexibility index (Phi) is 4.66. The summed E-state index contributed by atoms with van der Waals surface area (Å²) in [6.45, 7) is 6.57. The van der Waals surface area contributed by atoms with Crippen LogP contribution in [0.4, 0.5) is 5.69 Å². The second-order valence-corrected chi connectivity index (χ2v) is 5.26. The average molecular weight is 264 g/mol. The molecule has 1 saturated heterocycles. The highest BCUT2D eigenvalue weighted by Crippen LogP contribution is 2.30. The van der Waals surface area contributed by atoms with E-state index in [4.69, 9.17) is 0 Å². The lowest BCUT2D eigenvalue weighted by molar-refractivity contribution is 0.154. The molecule has 1 fully saturated rings. The van der Waals surface area contributed by atoms with Gasteiger partial charge in [0.15, 0.2) is 0 Å². The van der Waals surface area contributed by atoms with Gasteiger partial charge < -0.3 is 20.4 Å². The number of nitrogens with zero attached hydrogens (tertiary/aromatic N) is 1. The summed E-state index contributed by atoms with van der Waals surface area (Å²) in [6.07, 6.45) is 1.62. The van der Waals surface area contributed by atoms with Crippen LogP contribution in [0.15, 0.2) is 18.2 Å². The van der Waals surface area contributed by atoms with E-state index in [9.17, 15) is 10.2 Å². The van der Waals surface area contributed by atoms with Crippen molar-refractivity contribution in [1.82, 2.24) is 5.32 Å².